The van der Waals surface area contributed by atoms with E-state index in [9.17, 15) is 4.79 Å². The highest BCUT2D eigenvalue weighted by Gasteiger charge is 2.15. The van der Waals surface area contributed by atoms with Gasteiger partial charge in [0, 0.05) is 5.56 Å². The van der Waals surface area contributed by atoms with Crippen LogP contribution in [0.4, 0.5) is 0 Å². The average molecular weight is 328 g/mol. The summed E-state index contributed by atoms with van der Waals surface area (Å²) in [6.07, 6.45) is 8.33. The van der Waals surface area contributed by atoms with Crippen molar-refractivity contribution < 1.29 is 9.15 Å². The van der Waals surface area contributed by atoms with Crippen LogP contribution in [0, 0.1) is 13.8 Å². The van der Waals surface area contributed by atoms with Gasteiger partial charge >= 0.3 is 0 Å². The zero-order valence-corrected chi connectivity index (χ0v) is 16.0. The molecule has 3 heteroatoms. The van der Waals surface area contributed by atoms with E-state index in [1.807, 2.05) is 26.8 Å². The molecule has 0 fully saturated rings. The molecule has 0 saturated heterocycles. The number of rotatable bonds is 5. The van der Waals surface area contributed by atoms with Crippen molar-refractivity contribution in [3.63, 3.8) is 0 Å². The van der Waals surface area contributed by atoms with Crippen molar-refractivity contribution >= 4 is 5.57 Å². The van der Waals surface area contributed by atoms with Gasteiger partial charge in [-0.15, -0.1) is 0 Å². The summed E-state index contributed by atoms with van der Waals surface area (Å²) in [6, 6.07) is 0. The lowest BCUT2D eigenvalue weighted by molar-refractivity contribution is 0.288. The van der Waals surface area contributed by atoms with Gasteiger partial charge < -0.3 is 9.15 Å². The van der Waals surface area contributed by atoms with E-state index < -0.39 is 0 Å². The third kappa shape index (κ3) is 4.85. The van der Waals surface area contributed by atoms with Gasteiger partial charge in [-0.25, -0.2) is 0 Å². The van der Waals surface area contributed by atoms with E-state index in [4.69, 9.17) is 9.15 Å². The van der Waals surface area contributed by atoms with E-state index in [1.54, 1.807) is 13.8 Å². The fourth-order valence-corrected chi connectivity index (χ4v) is 2.59. The molecule has 0 amide bonds. The molecule has 130 valence electrons. The van der Waals surface area contributed by atoms with Gasteiger partial charge in [-0.2, -0.15) is 0 Å². The van der Waals surface area contributed by atoms with Crippen molar-refractivity contribution in [1.82, 2.24) is 0 Å². The molecule has 0 aliphatic rings. The van der Waals surface area contributed by atoms with Gasteiger partial charge in [0.05, 0.1) is 12.7 Å². The van der Waals surface area contributed by atoms with Crippen molar-refractivity contribution in [3.8, 4) is 5.95 Å². The van der Waals surface area contributed by atoms with Crippen LogP contribution >= 0.6 is 0 Å². The van der Waals surface area contributed by atoms with E-state index in [2.05, 4.69) is 32.1 Å². The first kappa shape index (κ1) is 19.8. The van der Waals surface area contributed by atoms with Gasteiger partial charge in [-0.1, -0.05) is 41.0 Å². The van der Waals surface area contributed by atoms with Gasteiger partial charge in [0.2, 0.25) is 0 Å². The van der Waals surface area contributed by atoms with Crippen LogP contribution in [0.5, 0.6) is 5.95 Å². The molecule has 0 N–H and O–H groups in total. The molecule has 1 aromatic heterocycles. The van der Waals surface area contributed by atoms with E-state index >= 15 is 0 Å². The second-order valence-corrected chi connectivity index (χ2v) is 6.14. The topological polar surface area (TPSA) is 39.4 Å². The molecular weight excluding hydrogens is 300 g/mol. The molecule has 3 nitrogen and oxygen atoms in total. The van der Waals surface area contributed by atoms with Gasteiger partial charge in [0.1, 0.15) is 5.76 Å². The molecule has 0 aliphatic heterocycles. The van der Waals surface area contributed by atoms with Gasteiger partial charge in [-0.05, 0) is 54.0 Å². The zero-order chi connectivity index (χ0) is 18.4. The summed E-state index contributed by atoms with van der Waals surface area (Å²) in [4.78, 5) is 12.3. The smallest absolute Gasteiger partial charge is 0.291 e. The predicted octanol–water partition coefficient (Wildman–Crippen LogP) is 5.53. The molecule has 0 aromatic carbocycles. The molecule has 0 radical (unpaired) electrons. The van der Waals surface area contributed by atoms with E-state index in [1.165, 1.54) is 18.3 Å². The molecule has 0 unspecified atom stereocenters. The predicted molar refractivity (Wildman–Crippen MR) is 102 cm³/mol. The number of hydrogen-bond acceptors (Lipinski definition) is 3. The van der Waals surface area contributed by atoms with Crippen molar-refractivity contribution in [3.05, 3.63) is 68.1 Å². The first-order chi connectivity index (χ1) is 11.2. The summed E-state index contributed by atoms with van der Waals surface area (Å²) < 4.78 is 11.0. The summed E-state index contributed by atoms with van der Waals surface area (Å²) in [7, 11) is 1.51. The highest BCUT2D eigenvalue weighted by molar-refractivity contribution is 5.65. The fraction of sp³-hybridized carbons (Fsp3) is 0.381. The largest absolute Gasteiger partial charge is 0.468 e. The highest BCUT2D eigenvalue weighted by Crippen LogP contribution is 2.25. The molecule has 0 saturated carbocycles. The minimum atomic E-state index is -0.0396. The fourth-order valence-electron chi connectivity index (χ4n) is 2.59. The average Bonchev–Trinajstić information content (AvgIpc) is 2.52. The first-order valence-corrected chi connectivity index (χ1v) is 8.07. The Labute approximate surface area is 145 Å². The Morgan fingerprint density at radius 1 is 0.917 bits per heavy atom. The van der Waals surface area contributed by atoms with Crippen LogP contribution in [0.3, 0.4) is 0 Å². The van der Waals surface area contributed by atoms with E-state index in [0.29, 0.717) is 16.9 Å². The number of ether oxygens (including phenoxy) is 1. The van der Waals surface area contributed by atoms with Crippen LogP contribution in [0.2, 0.25) is 0 Å². The Hall–Kier alpha value is -2.29. The van der Waals surface area contributed by atoms with Crippen LogP contribution < -0.4 is 10.2 Å². The lowest BCUT2D eigenvalue weighted by Crippen LogP contribution is -2.12. The van der Waals surface area contributed by atoms with Gasteiger partial charge in [0.15, 0.2) is 5.43 Å². The normalized spacial score (nSPS) is 14.2. The molecule has 0 aliphatic carbocycles. The Bertz CT molecular complexity index is 784. The van der Waals surface area contributed by atoms with Crippen LogP contribution in [0.1, 0.15) is 51.5 Å². The minimum absolute atomic E-state index is 0.0396. The molecule has 0 spiro atoms. The Morgan fingerprint density at radius 3 is 2.00 bits per heavy atom. The quantitative estimate of drug-likeness (QED) is 0.667. The van der Waals surface area contributed by atoms with Crippen LogP contribution in [0.15, 0.2) is 50.2 Å². The summed E-state index contributed by atoms with van der Waals surface area (Å²) >= 11 is 0. The van der Waals surface area contributed by atoms with Crippen LogP contribution in [0.25, 0.3) is 5.57 Å². The Morgan fingerprint density at radius 2 is 1.46 bits per heavy atom. The van der Waals surface area contributed by atoms with E-state index in [0.717, 1.165) is 11.1 Å². The van der Waals surface area contributed by atoms with Crippen molar-refractivity contribution in [2.45, 2.75) is 48.5 Å². The van der Waals surface area contributed by atoms with Crippen molar-refractivity contribution in [2.24, 2.45) is 0 Å². The SMILES string of the molecule is C/C=C(C)/C=C(C)\C=C(C)/C=C(\C)c1oc(OC)c(C)c(=O)c1C. The second kappa shape index (κ2) is 8.53. The molecular formula is C21H28O3. The standard InChI is InChI=1S/C21H28O3/c1-9-13(2)10-14(3)11-15(4)12-16(5)20-17(6)19(22)18(7)21(23-8)24-20/h9-12H,1-8H3/b13-9+,14-10-,15-11-,16-12+. The third-order valence-electron chi connectivity index (χ3n) is 3.88. The molecule has 1 aromatic rings. The molecule has 0 atom stereocenters. The summed E-state index contributed by atoms with van der Waals surface area (Å²) in [6.45, 7) is 13.6. The molecule has 24 heavy (non-hydrogen) atoms. The Kier molecular flexibility index (Phi) is 7.02. The number of allylic oxidation sites excluding steroid dienone is 8. The lowest BCUT2D eigenvalue weighted by atomic mass is 10.0. The summed E-state index contributed by atoms with van der Waals surface area (Å²) in [5, 5.41) is 0. The Balaban J connectivity index is 3.29. The van der Waals surface area contributed by atoms with Crippen molar-refractivity contribution in [1.29, 1.82) is 0 Å². The van der Waals surface area contributed by atoms with Crippen LogP contribution in [-0.2, 0) is 0 Å². The minimum Gasteiger partial charge on any atom is -0.468 e. The maximum atomic E-state index is 12.3. The van der Waals surface area contributed by atoms with Crippen LogP contribution in [-0.4, -0.2) is 7.11 Å². The molecule has 1 rings (SSSR count). The molecule has 1 heterocycles. The summed E-state index contributed by atoms with van der Waals surface area (Å²) in [5.74, 6) is 0.844. The first-order valence-electron chi connectivity index (χ1n) is 8.07. The van der Waals surface area contributed by atoms with Crippen molar-refractivity contribution in [2.75, 3.05) is 7.11 Å². The monoisotopic (exact) mass is 328 g/mol. The van der Waals surface area contributed by atoms with Gasteiger partial charge in [-0.3, -0.25) is 4.79 Å². The molecule has 0 bridgehead atoms. The number of hydrogen-bond donors (Lipinski definition) is 0. The highest BCUT2D eigenvalue weighted by atomic mass is 16.6. The maximum absolute atomic E-state index is 12.3. The van der Waals surface area contributed by atoms with Gasteiger partial charge in [0.25, 0.3) is 5.95 Å². The third-order valence-corrected chi connectivity index (χ3v) is 3.88. The number of methoxy groups -OCH3 is 1. The second-order valence-electron chi connectivity index (χ2n) is 6.14. The maximum Gasteiger partial charge on any atom is 0.291 e. The van der Waals surface area contributed by atoms with E-state index in [-0.39, 0.29) is 11.4 Å². The summed E-state index contributed by atoms with van der Waals surface area (Å²) in [5.41, 5.74) is 5.45. The zero-order valence-electron chi connectivity index (χ0n) is 16.0. The lowest BCUT2D eigenvalue weighted by Gasteiger charge is -2.10.